The molecule has 0 bridgehead atoms. The molecule has 5 aromatic heterocycles. The summed E-state index contributed by atoms with van der Waals surface area (Å²) in [5, 5.41) is 10.6. The summed E-state index contributed by atoms with van der Waals surface area (Å²) in [6.07, 6.45) is 0. The van der Waals surface area contributed by atoms with Crippen LogP contribution in [0, 0.1) is 0 Å². The van der Waals surface area contributed by atoms with Crippen LogP contribution in [0.4, 0.5) is 0 Å². The molecule has 13 aromatic rings. The molecule has 5 heterocycles. The molecule has 0 radical (unpaired) electrons. The third-order valence-corrected chi connectivity index (χ3v) is 11.6. The molecule has 55 heavy (non-hydrogen) atoms. The van der Waals surface area contributed by atoms with Crippen LogP contribution in [0.15, 0.2) is 174 Å². The third-order valence-electron chi connectivity index (χ3n) is 11.6. The van der Waals surface area contributed by atoms with Crippen LogP contribution >= 0.6 is 0 Å². The second-order valence-corrected chi connectivity index (χ2v) is 14.6. The molecule has 5 nitrogen and oxygen atoms in total. The van der Waals surface area contributed by atoms with Gasteiger partial charge in [0.2, 0.25) is 5.95 Å². The summed E-state index contributed by atoms with van der Waals surface area (Å²) in [5.74, 6) is 0.610. The van der Waals surface area contributed by atoms with Gasteiger partial charge in [-0.15, -0.1) is 0 Å². The molecule has 0 amide bonds. The fourth-order valence-electron chi connectivity index (χ4n) is 9.22. The molecular weight excluding hydrogens is 673 g/mol. The normalized spacial score (nSPS) is 12.4. The third kappa shape index (κ3) is 3.86. The number of rotatable bonds is 3. The zero-order valence-electron chi connectivity index (χ0n) is 29.4. The molecule has 0 unspecified atom stereocenters. The molecule has 8 aromatic carbocycles. The van der Waals surface area contributed by atoms with Gasteiger partial charge in [0, 0.05) is 43.3 Å². The first kappa shape index (κ1) is 29.0. The van der Waals surface area contributed by atoms with Gasteiger partial charge < -0.3 is 8.82 Å². The Morgan fingerprint density at radius 3 is 1.85 bits per heavy atom. The van der Waals surface area contributed by atoms with Gasteiger partial charge in [0.05, 0.1) is 27.6 Å². The average molecular weight is 701 g/mol. The van der Waals surface area contributed by atoms with Crippen molar-refractivity contribution < 1.29 is 4.42 Å². The summed E-state index contributed by atoms with van der Waals surface area (Å²) in [7, 11) is 0. The van der Waals surface area contributed by atoms with Crippen LogP contribution in [0.5, 0.6) is 0 Å². The lowest BCUT2D eigenvalue weighted by Gasteiger charge is -2.11. The van der Waals surface area contributed by atoms with Crippen molar-refractivity contribution in [1.82, 2.24) is 18.9 Å². The van der Waals surface area contributed by atoms with Crippen molar-refractivity contribution in [3.8, 4) is 28.3 Å². The van der Waals surface area contributed by atoms with Crippen LogP contribution in [0.25, 0.3) is 121 Å². The van der Waals surface area contributed by atoms with E-state index >= 15 is 0 Å². The number of para-hydroxylation sites is 3. The van der Waals surface area contributed by atoms with E-state index in [4.69, 9.17) is 14.4 Å². The molecule has 5 heteroatoms. The summed E-state index contributed by atoms with van der Waals surface area (Å²) < 4.78 is 11.4. The molecule has 254 valence electrons. The minimum absolute atomic E-state index is 0.610. The number of aromatic nitrogens is 4. The van der Waals surface area contributed by atoms with Gasteiger partial charge in [-0.3, -0.25) is 4.57 Å². The fraction of sp³-hybridized carbons (Fsp3) is 0. The lowest BCUT2D eigenvalue weighted by molar-refractivity contribution is 0.666. The first-order valence-corrected chi connectivity index (χ1v) is 18.7. The highest BCUT2D eigenvalue weighted by Crippen LogP contribution is 2.47. The predicted octanol–water partition coefficient (Wildman–Crippen LogP) is 13.1. The SMILES string of the molecule is c1ccc(-c2ccc(-c3nc(-n4c5cc6ccccc6cc5c5cc6c7ccccc7n7c8ccccc8c(c54)c67)nc4c3oc3ccccc34)cc2)cc1. The van der Waals surface area contributed by atoms with E-state index in [1.54, 1.807) is 0 Å². The number of hydrogen-bond donors (Lipinski definition) is 0. The molecular formula is C50H28N4O. The summed E-state index contributed by atoms with van der Waals surface area (Å²) in [5.41, 5.74) is 12.1. The minimum atomic E-state index is 0.610. The maximum atomic E-state index is 6.61. The molecule has 0 saturated heterocycles. The van der Waals surface area contributed by atoms with Crippen molar-refractivity contribution in [2.75, 3.05) is 0 Å². The van der Waals surface area contributed by atoms with Crippen LogP contribution < -0.4 is 0 Å². The Morgan fingerprint density at radius 2 is 1.04 bits per heavy atom. The Balaban J connectivity index is 1.22. The van der Waals surface area contributed by atoms with E-state index in [1.807, 2.05) is 24.3 Å². The standard InChI is InChI=1S/C50H28N4O/c1-2-12-29(13-3-1)30-22-24-31(25-23-30)45-49-46(36-18-8-11-21-43(36)55-49)52-50(51-45)54-42-27-33-15-5-4-14-32(33)26-37(42)39-28-38-34-16-6-9-19-40(34)53-41-20-10-7-17-35(41)44(47(38)53)48(39)54/h1-28H. The molecule has 13 rings (SSSR count). The summed E-state index contributed by atoms with van der Waals surface area (Å²) >= 11 is 0. The van der Waals surface area contributed by atoms with Gasteiger partial charge >= 0.3 is 0 Å². The molecule has 0 aliphatic heterocycles. The highest BCUT2D eigenvalue weighted by atomic mass is 16.3. The first-order chi connectivity index (χ1) is 27.3. The van der Waals surface area contributed by atoms with E-state index in [0.29, 0.717) is 11.5 Å². The average Bonchev–Trinajstić information content (AvgIpc) is 3.98. The second kappa shape index (κ2) is 10.6. The number of nitrogens with zero attached hydrogens (tertiary/aromatic N) is 4. The molecule has 0 fully saturated rings. The minimum Gasteiger partial charge on any atom is -0.452 e. The van der Waals surface area contributed by atoms with Crippen molar-refractivity contribution in [1.29, 1.82) is 0 Å². The maximum Gasteiger partial charge on any atom is 0.236 e. The summed E-state index contributed by atoms with van der Waals surface area (Å²) in [6.45, 7) is 0. The number of fused-ring (bicyclic) bond motifs is 14. The fourth-order valence-corrected chi connectivity index (χ4v) is 9.22. The van der Waals surface area contributed by atoms with E-state index in [9.17, 15) is 0 Å². The van der Waals surface area contributed by atoms with Gasteiger partial charge in [-0.1, -0.05) is 127 Å². The van der Waals surface area contributed by atoms with Crippen molar-refractivity contribution in [3.63, 3.8) is 0 Å². The van der Waals surface area contributed by atoms with Crippen molar-refractivity contribution in [2.45, 2.75) is 0 Å². The van der Waals surface area contributed by atoms with E-state index in [-0.39, 0.29) is 0 Å². The quantitative estimate of drug-likeness (QED) is 0.184. The molecule has 0 aliphatic carbocycles. The number of hydrogen-bond acceptors (Lipinski definition) is 3. The van der Waals surface area contributed by atoms with Gasteiger partial charge in [-0.05, 0) is 64.4 Å². The molecule has 0 spiro atoms. The molecule has 0 N–H and O–H groups in total. The Hall–Kier alpha value is -7.50. The van der Waals surface area contributed by atoms with Crippen LogP contribution in [0.1, 0.15) is 0 Å². The highest BCUT2D eigenvalue weighted by molar-refractivity contribution is 6.34. The lowest BCUT2D eigenvalue weighted by Crippen LogP contribution is -2.03. The monoisotopic (exact) mass is 700 g/mol. The first-order valence-electron chi connectivity index (χ1n) is 18.7. The number of furan rings is 1. The molecule has 0 atom stereocenters. The summed E-state index contributed by atoms with van der Waals surface area (Å²) in [4.78, 5) is 11.0. The van der Waals surface area contributed by atoms with Gasteiger partial charge in [-0.2, -0.15) is 0 Å². The summed E-state index contributed by atoms with van der Waals surface area (Å²) in [6, 6.07) is 60.5. The van der Waals surface area contributed by atoms with Crippen molar-refractivity contribution >= 4 is 92.7 Å². The zero-order chi connectivity index (χ0) is 35.8. The van der Waals surface area contributed by atoms with Gasteiger partial charge in [-0.25, -0.2) is 9.97 Å². The second-order valence-electron chi connectivity index (χ2n) is 14.6. The smallest absolute Gasteiger partial charge is 0.236 e. The van der Waals surface area contributed by atoms with Gasteiger partial charge in [0.15, 0.2) is 5.58 Å². The Labute approximate surface area is 313 Å². The van der Waals surface area contributed by atoms with E-state index < -0.39 is 0 Å². The van der Waals surface area contributed by atoms with E-state index in [2.05, 4.69) is 155 Å². The lowest BCUT2D eigenvalue weighted by atomic mass is 10.0. The van der Waals surface area contributed by atoms with Gasteiger partial charge in [0.25, 0.3) is 0 Å². The van der Waals surface area contributed by atoms with Crippen LogP contribution in [-0.2, 0) is 0 Å². The molecule has 0 aliphatic rings. The van der Waals surface area contributed by atoms with E-state index in [0.717, 1.165) is 44.3 Å². The van der Waals surface area contributed by atoms with Crippen LogP contribution in [0.3, 0.4) is 0 Å². The topological polar surface area (TPSA) is 48.3 Å². The Kier molecular flexibility index (Phi) is 5.57. The van der Waals surface area contributed by atoms with Gasteiger partial charge in [0.1, 0.15) is 16.8 Å². The van der Waals surface area contributed by atoms with E-state index in [1.165, 1.54) is 65.2 Å². The largest absolute Gasteiger partial charge is 0.452 e. The number of benzene rings is 8. The van der Waals surface area contributed by atoms with Crippen molar-refractivity contribution in [3.05, 3.63) is 170 Å². The highest BCUT2D eigenvalue weighted by Gasteiger charge is 2.27. The Morgan fingerprint density at radius 1 is 0.418 bits per heavy atom. The maximum absolute atomic E-state index is 6.61. The van der Waals surface area contributed by atoms with Crippen LogP contribution in [0.2, 0.25) is 0 Å². The van der Waals surface area contributed by atoms with Crippen LogP contribution in [-0.4, -0.2) is 18.9 Å². The zero-order valence-corrected chi connectivity index (χ0v) is 29.4. The van der Waals surface area contributed by atoms with Crippen molar-refractivity contribution in [2.24, 2.45) is 0 Å². The Bertz CT molecular complexity index is 3700. The molecule has 0 saturated carbocycles. The predicted molar refractivity (Wildman–Crippen MR) is 227 cm³/mol.